The zero-order valence-corrected chi connectivity index (χ0v) is 21.5. The van der Waals surface area contributed by atoms with Crippen molar-refractivity contribution in [2.75, 3.05) is 49.3 Å². The van der Waals surface area contributed by atoms with Gasteiger partial charge in [-0.1, -0.05) is 0 Å². The number of cyclic esters (lactones) is 1. The molecule has 2 unspecified atom stereocenters. The van der Waals surface area contributed by atoms with Gasteiger partial charge in [0.1, 0.15) is 6.10 Å². The fraction of sp³-hybridized carbons (Fsp3) is 0.385. The first-order valence-corrected chi connectivity index (χ1v) is 13.5. The molecule has 2 amide bonds. The molecule has 3 aromatic rings. The van der Waals surface area contributed by atoms with Gasteiger partial charge in [-0.2, -0.15) is 0 Å². The van der Waals surface area contributed by atoms with Gasteiger partial charge >= 0.3 is 6.09 Å². The number of pyridine rings is 2. The molecule has 0 spiro atoms. The molecule has 12 heteroatoms. The van der Waals surface area contributed by atoms with Crippen LogP contribution in [0.5, 0.6) is 5.88 Å². The highest BCUT2D eigenvalue weighted by molar-refractivity contribution is 8.00. The quantitative estimate of drug-likeness (QED) is 0.354. The Bertz CT molecular complexity index is 1390. The predicted octanol–water partition coefficient (Wildman–Crippen LogP) is 1.92. The minimum Gasteiger partial charge on any atom is -0.481 e. The molecule has 2 fully saturated rings. The van der Waals surface area contributed by atoms with Gasteiger partial charge in [-0.15, -0.1) is 11.8 Å². The van der Waals surface area contributed by atoms with Crippen LogP contribution in [0.25, 0.3) is 11.0 Å². The fourth-order valence-corrected chi connectivity index (χ4v) is 6.03. The van der Waals surface area contributed by atoms with Gasteiger partial charge in [0.2, 0.25) is 11.8 Å². The van der Waals surface area contributed by atoms with Gasteiger partial charge < -0.3 is 30.5 Å². The number of fused-ring (bicyclic) bond motifs is 2. The third-order valence-electron chi connectivity index (χ3n) is 7.14. The Balaban J connectivity index is 1.22. The molecule has 3 aliphatic heterocycles. The normalized spacial score (nSPS) is 23.7. The van der Waals surface area contributed by atoms with Crippen molar-refractivity contribution in [1.82, 2.24) is 20.6 Å². The minimum atomic E-state index is -0.549. The first kappa shape index (κ1) is 24.9. The monoisotopic (exact) mass is 536 g/mol. The van der Waals surface area contributed by atoms with Crippen LogP contribution < -0.4 is 25.6 Å². The molecule has 38 heavy (non-hydrogen) atoms. The lowest BCUT2D eigenvalue weighted by atomic mass is 9.89. The summed E-state index contributed by atoms with van der Waals surface area (Å²) in [5, 5.41) is 20.4. The average Bonchev–Trinajstić information content (AvgIpc) is 3.53. The van der Waals surface area contributed by atoms with Crippen molar-refractivity contribution in [2.24, 2.45) is 5.92 Å². The summed E-state index contributed by atoms with van der Waals surface area (Å²) < 4.78 is 11.0. The zero-order chi connectivity index (χ0) is 26.2. The van der Waals surface area contributed by atoms with E-state index in [0.717, 1.165) is 16.0 Å². The second-order valence-corrected chi connectivity index (χ2v) is 10.5. The van der Waals surface area contributed by atoms with E-state index in [4.69, 9.17) is 9.47 Å². The van der Waals surface area contributed by atoms with E-state index < -0.39 is 18.3 Å². The second-order valence-electron chi connectivity index (χ2n) is 9.53. The molecular weight excluding hydrogens is 508 g/mol. The molecule has 4 N–H and O–H groups in total. The molecule has 0 aliphatic carbocycles. The Kier molecular flexibility index (Phi) is 6.78. The van der Waals surface area contributed by atoms with Crippen LogP contribution in [-0.4, -0.2) is 78.3 Å². The maximum atomic E-state index is 12.8. The molecule has 4 atom stereocenters. The van der Waals surface area contributed by atoms with Gasteiger partial charge in [0.15, 0.2) is 0 Å². The van der Waals surface area contributed by atoms with Gasteiger partial charge in [0, 0.05) is 54.4 Å². The predicted molar refractivity (Wildman–Crippen MR) is 143 cm³/mol. The third-order valence-corrected chi connectivity index (χ3v) is 8.21. The van der Waals surface area contributed by atoms with Gasteiger partial charge in [0.25, 0.3) is 0 Å². The topological polar surface area (TPSA) is 138 Å². The van der Waals surface area contributed by atoms with Gasteiger partial charge in [-0.3, -0.25) is 14.7 Å². The standard InChI is InChI=1S/C26H28N6O5S/c1-36-23-5-3-18-25(31-23)16(6-7-28-18)24(17-10-27-11-20(17)33)29-9-15-12-32(26(35)37-15)14-2-4-21-19(8-14)30-22(34)13-38-21/h2-8,15,17,20,24,27,29,33H,9-13H2,1H3,(H,30,34)/t15?,17-,20+,24?/m1/s1. The number of aliphatic hydroxyl groups is 1. The number of β-amino-alcohol motifs (C(OH)–C–C–N with tert-alkyl or cyclic N) is 1. The van der Waals surface area contributed by atoms with Crippen LogP contribution in [-0.2, 0) is 9.53 Å². The lowest BCUT2D eigenvalue weighted by molar-refractivity contribution is -0.113. The molecule has 11 nitrogen and oxygen atoms in total. The van der Waals surface area contributed by atoms with Crippen LogP contribution in [0.1, 0.15) is 11.6 Å². The van der Waals surface area contributed by atoms with Gasteiger partial charge in [-0.25, -0.2) is 9.78 Å². The van der Waals surface area contributed by atoms with Crippen molar-refractivity contribution in [1.29, 1.82) is 0 Å². The summed E-state index contributed by atoms with van der Waals surface area (Å²) in [6, 6.07) is 10.9. The van der Waals surface area contributed by atoms with Crippen molar-refractivity contribution in [2.45, 2.75) is 23.1 Å². The molecule has 0 bridgehead atoms. The maximum absolute atomic E-state index is 12.8. The number of carbonyl (C=O) groups is 2. The van der Waals surface area contributed by atoms with E-state index in [9.17, 15) is 14.7 Å². The summed E-state index contributed by atoms with van der Waals surface area (Å²) in [5.74, 6) is 0.683. The number of benzene rings is 1. The van der Waals surface area contributed by atoms with E-state index >= 15 is 0 Å². The Hall–Kier alpha value is -3.45. The van der Waals surface area contributed by atoms with E-state index in [2.05, 4.69) is 25.9 Å². The summed E-state index contributed by atoms with van der Waals surface area (Å²) in [6.45, 7) is 1.86. The van der Waals surface area contributed by atoms with Crippen LogP contribution in [0.2, 0.25) is 0 Å². The minimum absolute atomic E-state index is 0.0592. The lowest BCUT2D eigenvalue weighted by Crippen LogP contribution is -2.39. The van der Waals surface area contributed by atoms with Crippen LogP contribution in [0.4, 0.5) is 16.2 Å². The van der Waals surface area contributed by atoms with Crippen molar-refractivity contribution in [3.8, 4) is 5.88 Å². The van der Waals surface area contributed by atoms with Crippen molar-refractivity contribution in [3.05, 3.63) is 48.2 Å². The molecule has 1 aromatic carbocycles. The van der Waals surface area contributed by atoms with E-state index in [1.165, 1.54) is 11.8 Å². The SMILES string of the molecule is COc1ccc2nccc(C(NCC3CN(c4ccc5c(c4)NC(=O)CS5)C(=O)O3)[C@@H]3CNC[C@@H]3O)c2n1. The number of thioether (sulfide) groups is 1. The number of aliphatic hydroxyl groups excluding tert-OH is 1. The molecule has 198 valence electrons. The van der Waals surface area contributed by atoms with Gasteiger partial charge in [-0.05, 0) is 35.9 Å². The highest BCUT2D eigenvalue weighted by Crippen LogP contribution is 2.36. The van der Waals surface area contributed by atoms with Crippen LogP contribution in [0.3, 0.4) is 0 Å². The number of nitrogens with zero attached hydrogens (tertiary/aromatic N) is 3. The second kappa shape index (κ2) is 10.4. The smallest absolute Gasteiger partial charge is 0.414 e. The number of methoxy groups -OCH3 is 1. The lowest BCUT2D eigenvalue weighted by Gasteiger charge is -2.28. The average molecular weight is 537 g/mol. The molecule has 2 aromatic heterocycles. The number of carbonyl (C=O) groups excluding carboxylic acids is 2. The van der Waals surface area contributed by atoms with E-state index in [1.807, 2.05) is 30.3 Å². The first-order valence-electron chi connectivity index (χ1n) is 12.5. The van der Waals surface area contributed by atoms with Crippen LogP contribution >= 0.6 is 11.8 Å². The highest BCUT2D eigenvalue weighted by atomic mass is 32.2. The maximum Gasteiger partial charge on any atom is 0.414 e. The Morgan fingerprint density at radius 2 is 2.16 bits per heavy atom. The summed E-state index contributed by atoms with van der Waals surface area (Å²) in [7, 11) is 1.57. The van der Waals surface area contributed by atoms with Crippen molar-refractivity contribution < 1.29 is 24.2 Å². The molecule has 0 saturated carbocycles. The Morgan fingerprint density at radius 3 is 2.97 bits per heavy atom. The number of hydrogen-bond acceptors (Lipinski definition) is 10. The number of hydrogen-bond donors (Lipinski definition) is 4. The summed E-state index contributed by atoms with van der Waals surface area (Å²) in [6.07, 6.45) is 0.339. The molecule has 2 saturated heterocycles. The number of anilines is 2. The van der Waals surface area contributed by atoms with E-state index in [1.54, 1.807) is 24.3 Å². The number of rotatable bonds is 7. The van der Waals surface area contributed by atoms with Crippen LogP contribution in [0.15, 0.2) is 47.5 Å². The third kappa shape index (κ3) is 4.75. The highest BCUT2D eigenvalue weighted by Gasteiger charge is 2.37. The molecule has 3 aliphatic rings. The van der Waals surface area contributed by atoms with E-state index in [-0.39, 0.29) is 17.9 Å². The fourth-order valence-electron chi connectivity index (χ4n) is 5.25. The largest absolute Gasteiger partial charge is 0.481 e. The summed E-state index contributed by atoms with van der Waals surface area (Å²) in [4.78, 5) is 36.2. The molecule has 5 heterocycles. The molecule has 0 radical (unpaired) electrons. The number of amides is 2. The van der Waals surface area contributed by atoms with Crippen LogP contribution in [0, 0.1) is 5.92 Å². The molecule has 6 rings (SSSR count). The Morgan fingerprint density at radius 1 is 1.26 bits per heavy atom. The van der Waals surface area contributed by atoms with Crippen molar-refractivity contribution >= 4 is 46.2 Å². The first-order chi connectivity index (χ1) is 18.5. The summed E-state index contributed by atoms with van der Waals surface area (Å²) >= 11 is 1.47. The number of aromatic nitrogens is 2. The Labute approximate surface area is 223 Å². The van der Waals surface area contributed by atoms with Gasteiger partial charge in [0.05, 0.1) is 42.2 Å². The van der Waals surface area contributed by atoms with E-state index in [0.29, 0.717) is 54.7 Å². The summed E-state index contributed by atoms with van der Waals surface area (Å²) in [5.41, 5.74) is 3.69. The number of nitrogens with one attached hydrogen (secondary N) is 3. The molecular formula is C26H28N6O5S. The number of ether oxygens (including phenoxy) is 2. The zero-order valence-electron chi connectivity index (χ0n) is 20.7. The van der Waals surface area contributed by atoms with Crippen molar-refractivity contribution in [3.63, 3.8) is 0 Å².